The average molecular weight is 505 g/mol. The molecular weight excluding hydrogens is 472 g/mol. The Morgan fingerprint density at radius 2 is 1.95 bits per heavy atom. The normalized spacial score (nSPS) is 28.6. The number of aliphatic carboxylic acids is 1. The van der Waals surface area contributed by atoms with Crippen molar-refractivity contribution in [2.24, 2.45) is 5.92 Å². The standard InChI is InChI=1S/C29H32N2O6/c1-17(32)30-21-9-8-20-22-15-19-7-10-23(36-16-18-5-3-2-4-6-18)27-26(19)29(20,28(21)37-27)13-14-31(22)24(33)11-12-25(34)35/h2-7,10,20-22,28H,8-9,11-16H2,1H3,(H,30,32)(H,34,35)/t20?,21-,22?,28-,29?/m0/s1. The maximum absolute atomic E-state index is 13.1. The van der Waals surface area contributed by atoms with Gasteiger partial charge in [-0.1, -0.05) is 36.4 Å². The summed E-state index contributed by atoms with van der Waals surface area (Å²) in [4.78, 5) is 38.3. The van der Waals surface area contributed by atoms with Gasteiger partial charge in [0.1, 0.15) is 12.7 Å². The number of ether oxygens (including phenoxy) is 2. The second kappa shape index (κ2) is 9.08. The predicted molar refractivity (Wildman–Crippen MR) is 134 cm³/mol. The number of carboxylic acids is 1. The lowest BCUT2D eigenvalue weighted by Gasteiger charge is -2.59. The van der Waals surface area contributed by atoms with Gasteiger partial charge in [0.2, 0.25) is 11.8 Å². The maximum atomic E-state index is 13.1. The van der Waals surface area contributed by atoms with Crippen LogP contribution in [0.5, 0.6) is 11.5 Å². The van der Waals surface area contributed by atoms with Gasteiger partial charge in [0.15, 0.2) is 11.5 Å². The molecule has 0 radical (unpaired) electrons. The predicted octanol–water partition coefficient (Wildman–Crippen LogP) is 3.20. The Morgan fingerprint density at radius 3 is 2.70 bits per heavy atom. The first-order valence-corrected chi connectivity index (χ1v) is 13.2. The molecule has 2 aromatic rings. The Morgan fingerprint density at radius 1 is 1.14 bits per heavy atom. The van der Waals surface area contributed by atoms with Crippen LogP contribution < -0.4 is 14.8 Å². The second-order valence-corrected chi connectivity index (χ2v) is 10.8. The maximum Gasteiger partial charge on any atom is 0.303 e. The molecule has 1 saturated heterocycles. The molecule has 2 aromatic carbocycles. The van der Waals surface area contributed by atoms with Crippen molar-refractivity contribution in [1.29, 1.82) is 0 Å². The number of likely N-dealkylation sites (tertiary alicyclic amines) is 1. The van der Waals surface area contributed by atoms with Gasteiger partial charge in [0.05, 0.1) is 12.5 Å². The van der Waals surface area contributed by atoms with Crippen LogP contribution in [0, 0.1) is 5.92 Å². The van der Waals surface area contributed by atoms with Gasteiger partial charge in [0, 0.05) is 36.9 Å². The van der Waals surface area contributed by atoms with Gasteiger partial charge in [-0.2, -0.15) is 0 Å². The van der Waals surface area contributed by atoms with Crippen molar-refractivity contribution < 1.29 is 29.0 Å². The van der Waals surface area contributed by atoms with Crippen molar-refractivity contribution in [2.45, 2.75) is 75.7 Å². The molecule has 2 aliphatic heterocycles. The van der Waals surface area contributed by atoms with Gasteiger partial charge < -0.3 is 24.8 Å². The molecule has 3 unspecified atom stereocenters. The van der Waals surface area contributed by atoms with Crippen LogP contribution in [0.25, 0.3) is 0 Å². The fraction of sp³-hybridized carbons (Fsp3) is 0.483. The van der Waals surface area contributed by atoms with E-state index >= 15 is 0 Å². The fourth-order valence-corrected chi connectivity index (χ4v) is 7.46. The molecule has 8 heteroatoms. The number of amides is 2. The van der Waals surface area contributed by atoms with Gasteiger partial charge in [-0.25, -0.2) is 0 Å². The van der Waals surface area contributed by atoms with Crippen molar-refractivity contribution in [3.63, 3.8) is 0 Å². The molecule has 2 fully saturated rings. The molecule has 2 heterocycles. The van der Waals surface area contributed by atoms with E-state index in [-0.39, 0.29) is 54.2 Å². The number of hydrogen-bond acceptors (Lipinski definition) is 5. The molecule has 4 aliphatic rings. The van der Waals surface area contributed by atoms with E-state index in [1.807, 2.05) is 41.3 Å². The number of carbonyl (C=O) groups excluding carboxylic acids is 2. The summed E-state index contributed by atoms with van der Waals surface area (Å²) in [6, 6.07) is 14.0. The minimum atomic E-state index is -0.955. The third-order valence-electron chi connectivity index (χ3n) is 8.80. The topological polar surface area (TPSA) is 105 Å². The molecule has 2 aliphatic carbocycles. The van der Waals surface area contributed by atoms with Crippen molar-refractivity contribution in [1.82, 2.24) is 10.2 Å². The fourth-order valence-electron chi connectivity index (χ4n) is 7.46. The number of benzene rings is 2. The quantitative estimate of drug-likeness (QED) is 0.600. The summed E-state index contributed by atoms with van der Waals surface area (Å²) in [5.74, 6) is 0.559. The molecule has 2 amide bonds. The highest BCUT2D eigenvalue weighted by Crippen LogP contribution is 2.64. The van der Waals surface area contributed by atoms with Gasteiger partial charge in [-0.05, 0) is 48.8 Å². The van der Waals surface area contributed by atoms with E-state index in [1.54, 1.807) is 6.92 Å². The number of nitrogens with zero attached hydrogens (tertiary/aromatic N) is 1. The first kappa shape index (κ1) is 23.8. The first-order valence-electron chi connectivity index (χ1n) is 13.2. The summed E-state index contributed by atoms with van der Waals surface area (Å²) in [7, 11) is 0. The minimum absolute atomic E-state index is 0.00559. The Labute approximate surface area is 215 Å². The van der Waals surface area contributed by atoms with E-state index in [2.05, 4.69) is 11.4 Å². The molecule has 6 rings (SSSR count). The average Bonchev–Trinajstić information content (AvgIpc) is 3.23. The van der Waals surface area contributed by atoms with Crippen LogP contribution in [0.3, 0.4) is 0 Å². The zero-order chi connectivity index (χ0) is 25.7. The summed E-state index contributed by atoms with van der Waals surface area (Å²) in [6.07, 6.45) is 2.70. The second-order valence-electron chi connectivity index (χ2n) is 10.8. The van der Waals surface area contributed by atoms with Crippen LogP contribution in [-0.4, -0.2) is 52.5 Å². The number of carbonyl (C=O) groups is 3. The largest absolute Gasteiger partial charge is 0.485 e. The molecule has 194 valence electrons. The van der Waals surface area contributed by atoms with Crippen LogP contribution in [0.4, 0.5) is 0 Å². The van der Waals surface area contributed by atoms with Gasteiger partial charge in [-0.15, -0.1) is 0 Å². The lowest BCUT2D eigenvalue weighted by molar-refractivity contribution is -0.147. The number of carboxylic acid groups (broad SMARTS) is 1. The molecule has 5 atom stereocenters. The Hall–Kier alpha value is -3.55. The summed E-state index contributed by atoms with van der Waals surface area (Å²) in [5, 5.41) is 12.2. The minimum Gasteiger partial charge on any atom is -0.485 e. The molecule has 37 heavy (non-hydrogen) atoms. The number of hydrogen-bond donors (Lipinski definition) is 2. The smallest absolute Gasteiger partial charge is 0.303 e. The highest BCUT2D eigenvalue weighted by atomic mass is 16.5. The van der Waals surface area contributed by atoms with Crippen LogP contribution in [0.1, 0.15) is 55.7 Å². The lowest BCUT2D eigenvalue weighted by atomic mass is 9.51. The first-order chi connectivity index (χ1) is 17.9. The third kappa shape index (κ3) is 3.85. The van der Waals surface area contributed by atoms with Gasteiger partial charge >= 0.3 is 5.97 Å². The molecule has 2 N–H and O–H groups in total. The molecule has 0 aromatic heterocycles. The number of piperidine rings is 1. The van der Waals surface area contributed by atoms with Crippen molar-refractivity contribution in [3.8, 4) is 11.5 Å². The highest BCUT2D eigenvalue weighted by molar-refractivity contribution is 5.81. The summed E-state index contributed by atoms with van der Waals surface area (Å²) >= 11 is 0. The van der Waals surface area contributed by atoms with E-state index in [9.17, 15) is 14.4 Å². The van der Waals surface area contributed by atoms with Gasteiger partial charge in [-0.3, -0.25) is 14.4 Å². The highest BCUT2D eigenvalue weighted by Gasteiger charge is 2.66. The van der Waals surface area contributed by atoms with Gasteiger partial charge in [0.25, 0.3) is 0 Å². The van der Waals surface area contributed by atoms with E-state index in [0.717, 1.165) is 36.1 Å². The Bertz CT molecular complexity index is 1250. The Kier molecular flexibility index (Phi) is 5.85. The summed E-state index contributed by atoms with van der Waals surface area (Å²) < 4.78 is 13.1. The molecule has 8 nitrogen and oxygen atoms in total. The van der Waals surface area contributed by atoms with Crippen molar-refractivity contribution in [3.05, 3.63) is 59.2 Å². The van der Waals surface area contributed by atoms with E-state index in [4.69, 9.17) is 14.6 Å². The molecule has 1 spiro atoms. The molecular formula is C29H32N2O6. The van der Waals surface area contributed by atoms with Crippen LogP contribution in [-0.2, 0) is 32.8 Å². The van der Waals surface area contributed by atoms with E-state index < -0.39 is 5.97 Å². The zero-order valence-electron chi connectivity index (χ0n) is 20.9. The SMILES string of the molecule is CC(=O)N[C@H]1CCC2C3Cc4ccc(OCc5ccccc5)c5c4C2(CCN3C(=O)CCC(=O)O)[C@H]1O5. The Balaban J connectivity index is 1.38. The molecule has 1 saturated carbocycles. The molecule has 2 bridgehead atoms. The summed E-state index contributed by atoms with van der Waals surface area (Å²) in [6.45, 7) is 2.53. The van der Waals surface area contributed by atoms with Crippen LogP contribution in [0.2, 0.25) is 0 Å². The monoisotopic (exact) mass is 504 g/mol. The third-order valence-corrected chi connectivity index (χ3v) is 8.80. The van der Waals surface area contributed by atoms with Crippen molar-refractivity contribution >= 4 is 17.8 Å². The zero-order valence-corrected chi connectivity index (χ0v) is 20.9. The van der Waals surface area contributed by atoms with Crippen LogP contribution >= 0.6 is 0 Å². The summed E-state index contributed by atoms with van der Waals surface area (Å²) in [5.41, 5.74) is 3.11. The van der Waals surface area contributed by atoms with E-state index in [1.165, 1.54) is 5.56 Å². The lowest BCUT2D eigenvalue weighted by Crippen LogP contribution is -2.69. The number of nitrogens with one attached hydrogen (secondary N) is 1. The van der Waals surface area contributed by atoms with Crippen LogP contribution in [0.15, 0.2) is 42.5 Å². The number of rotatable bonds is 7. The van der Waals surface area contributed by atoms with Crippen molar-refractivity contribution in [2.75, 3.05) is 6.54 Å². The van der Waals surface area contributed by atoms with E-state index in [0.29, 0.717) is 25.3 Å².